The van der Waals surface area contributed by atoms with Crippen LogP contribution in [0.2, 0.25) is 0 Å². The highest BCUT2D eigenvalue weighted by molar-refractivity contribution is 4.67. The van der Waals surface area contributed by atoms with Crippen LogP contribution in [-0.2, 0) is 0 Å². The van der Waals surface area contributed by atoms with Crippen LogP contribution >= 0.6 is 0 Å². The van der Waals surface area contributed by atoms with Crippen molar-refractivity contribution in [1.82, 2.24) is 0 Å². The van der Waals surface area contributed by atoms with Crippen molar-refractivity contribution in [1.29, 1.82) is 0 Å². The smallest absolute Gasteiger partial charge is 0.211 e. The number of halogens is 4. The molecule has 0 bridgehead atoms. The minimum Gasteiger partial charge on any atom is -0.211 e. The molecular formula is C5H7F4. The van der Waals surface area contributed by atoms with E-state index in [-0.39, 0.29) is 0 Å². The Morgan fingerprint density at radius 1 is 1.33 bits per heavy atom. The molecule has 0 atom stereocenters. The van der Waals surface area contributed by atoms with Gasteiger partial charge in [-0.25, -0.2) is 17.6 Å². The van der Waals surface area contributed by atoms with E-state index in [1.54, 1.807) is 0 Å². The summed E-state index contributed by atoms with van der Waals surface area (Å²) >= 11 is 0. The van der Waals surface area contributed by atoms with Crippen molar-refractivity contribution in [2.45, 2.75) is 25.2 Å². The predicted molar refractivity (Wildman–Crippen MR) is 25.5 cm³/mol. The molecule has 0 aliphatic rings. The van der Waals surface area contributed by atoms with Gasteiger partial charge in [-0.2, -0.15) is 0 Å². The van der Waals surface area contributed by atoms with Crippen LogP contribution in [0.25, 0.3) is 0 Å². The van der Waals surface area contributed by atoms with E-state index in [4.69, 9.17) is 0 Å². The molecule has 0 aromatic carbocycles. The SMILES string of the molecule is [CH2]C(F)(F)CCC(F)F. The first-order valence-corrected chi connectivity index (χ1v) is 2.43. The molecule has 0 fully saturated rings. The lowest BCUT2D eigenvalue weighted by molar-refractivity contribution is 0.0175. The maximum absolute atomic E-state index is 11.6. The molecule has 0 aliphatic heterocycles. The van der Waals surface area contributed by atoms with E-state index in [1.165, 1.54) is 0 Å². The summed E-state index contributed by atoms with van der Waals surface area (Å²) in [5, 5.41) is 0. The zero-order valence-corrected chi connectivity index (χ0v) is 4.71. The Morgan fingerprint density at radius 3 is 1.89 bits per heavy atom. The van der Waals surface area contributed by atoms with Crippen LogP contribution in [0, 0.1) is 6.92 Å². The summed E-state index contributed by atoms with van der Waals surface area (Å²) in [6, 6.07) is 0. The van der Waals surface area contributed by atoms with E-state index >= 15 is 0 Å². The van der Waals surface area contributed by atoms with Gasteiger partial charge in [0, 0.05) is 19.8 Å². The molecule has 0 N–H and O–H groups in total. The first-order valence-electron chi connectivity index (χ1n) is 2.43. The Hall–Kier alpha value is -0.280. The van der Waals surface area contributed by atoms with E-state index < -0.39 is 25.2 Å². The Balaban J connectivity index is 3.28. The Kier molecular flexibility index (Phi) is 2.94. The third-order valence-corrected chi connectivity index (χ3v) is 0.728. The Bertz CT molecular complexity index is 73.5. The highest BCUT2D eigenvalue weighted by Gasteiger charge is 2.22. The topological polar surface area (TPSA) is 0 Å². The molecule has 0 rings (SSSR count). The van der Waals surface area contributed by atoms with Crippen molar-refractivity contribution in [3.05, 3.63) is 6.92 Å². The van der Waals surface area contributed by atoms with E-state index in [9.17, 15) is 17.6 Å². The van der Waals surface area contributed by atoms with Crippen LogP contribution in [0.15, 0.2) is 0 Å². The van der Waals surface area contributed by atoms with Gasteiger partial charge in [0.2, 0.25) is 12.3 Å². The van der Waals surface area contributed by atoms with E-state index in [1.807, 2.05) is 0 Å². The van der Waals surface area contributed by atoms with Crippen LogP contribution in [0.4, 0.5) is 17.6 Å². The van der Waals surface area contributed by atoms with Crippen LogP contribution < -0.4 is 0 Å². The fraction of sp³-hybridized carbons (Fsp3) is 0.800. The summed E-state index contributed by atoms with van der Waals surface area (Å²) in [6.45, 7) is 2.38. The zero-order valence-electron chi connectivity index (χ0n) is 4.71. The summed E-state index contributed by atoms with van der Waals surface area (Å²) < 4.78 is 45.7. The van der Waals surface area contributed by atoms with Gasteiger partial charge in [-0.3, -0.25) is 0 Å². The van der Waals surface area contributed by atoms with Gasteiger partial charge < -0.3 is 0 Å². The molecule has 1 radical (unpaired) electrons. The summed E-state index contributed by atoms with van der Waals surface area (Å²) in [7, 11) is 0. The van der Waals surface area contributed by atoms with Gasteiger partial charge in [0.25, 0.3) is 0 Å². The maximum atomic E-state index is 11.6. The van der Waals surface area contributed by atoms with Crippen molar-refractivity contribution in [2.75, 3.05) is 0 Å². The summed E-state index contributed by atoms with van der Waals surface area (Å²) in [6.07, 6.45) is -4.28. The van der Waals surface area contributed by atoms with Gasteiger partial charge >= 0.3 is 0 Å². The van der Waals surface area contributed by atoms with E-state index in [0.29, 0.717) is 0 Å². The highest BCUT2D eigenvalue weighted by Crippen LogP contribution is 2.20. The molecule has 0 amide bonds. The summed E-state index contributed by atoms with van der Waals surface area (Å²) in [5.74, 6) is -3.20. The fourth-order valence-corrected chi connectivity index (χ4v) is 0.320. The maximum Gasteiger partial charge on any atom is 0.248 e. The largest absolute Gasteiger partial charge is 0.248 e. The second-order valence-electron chi connectivity index (χ2n) is 1.79. The zero-order chi connectivity index (χ0) is 7.49. The van der Waals surface area contributed by atoms with Gasteiger partial charge in [0.1, 0.15) is 0 Å². The van der Waals surface area contributed by atoms with Crippen molar-refractivity contribution < 1.29 is 17.6 Å². The number of hydrogen-bond donors (Lipinski definition) is 0. The second-order valence-corrected chi connectivity index (χ2v) is 1.79. The second kappa shape index (κ2) is 3.03. The lowest BCUT2D eigenvalue weighted by Gasteiger charge is -2.07. The predicted octanol–water partition coefficient (Wildman–Crippen LogP) is 2.50. The molecule has 0 nitrogen and oxygen atoms in total. The molecule has 55 valence electrons. The molecule has 4 heteroatoms. The van der Waals surface area contributed by atoms with E-state index in [0.717, 1.165) is 0 Å². The summed E-state index contributed by atoms with van der Waals surface area (Å²) in [4.78, 5) is 0. The van der Waals surface area contributed by atoms with E-state index in [2.05, 4.69) is 6.92 Å². The van der Waals surface area contributed by atoms with Crippen LogP contribution in [-0.4, -0.2) is 12.3 Å². The average Bonchev–Trinajstić information content (AvgIpc) is 1.59. The van der Waals surface area contributed by atoms with Gasteiger partial charge in [0.05, 0.1) is 0 Å². The minimum absolute atomic E-state index is 0.781. The fourth-order valence-electron chi connectivity index (χ4n) is 0.320. The monoisotopic (exact) mass is 143 g/mol. The third kappa shape index (κ3) is 7.72. The first kappa shape index (κ1) is 8.72. The van der Waals surface area contributed by atoms with Crippen LogP contribution in [0.3, 0.4) is 0 Å². The minimum atomic E-state index is -3.20. The molecule has 0 aromatic heterocycles. The van der Waals surface area contributed by atoms with Crippen LogP contribution in [0.1, 0.15) is 12.8 Å². The quantitative estimate of drug-likeness (QED) is 0.532. The number of hydrogen-bond acceptors (Lipinski definition) is 0. The molecular weight excluding hydrogens is 136 g/mol. The lowest BCUT2D eigenvalue weighted by Crippen LogP contribution is -2.11. The number of alkyl halides is 4. The van der Waals surface area contributed by atoms with Crippen molar-refractivity contribution in [3.63, 3.8) is 0 Å². The highest BCUT2D eigenvalue weighted by atomic mass is 19.3. The summed E-state index contributed by atoms with van der Waals surface area (Å²) in [5.41, 5.74) is 0. The molecule has 0 saturated heterocycles. The van der Waals surface area contributed by atoms with Crippen molar-refractivity contribution in [3.8, 4) is 0 Å². The number of rotatable bonds is 3. The van der Waals surface area contributed by atoms with Crippen molar-refractivity contribution >= 4 is 0 Å². The molecule has 9 heavy (non-hydrogen) atoms. The molecule has 0 aromatic rings. The van der Waals surface area contributed by atoms with Crippen molar-refractivity contribution in [2.24, 2.45) is 0 Å². The molecule has 0 spiro atoms. The first-order chi connectivity index (χ1) is 3.92. The van der Waals surface area contributed by atoms with Gasteiger partial charge in [-0.05, 0) is 0 Å². The van der Waals surface area contributed by atoms with Crippen LogP contribution in [0.5, 0.6) is 0 Å². The Morgan fingerprint density at radius 2 is 1.78 bits per heavy atom. The lowest BCUT2D eigenvalue weighted by atomic mass is 10.2. The standard InChI is InChI=1S/C5H7F4/c1-5(8,9)3-2-4(6)7/h4H,1-3H2. The average molecular weight is 143 g/mol. The molecule has 0 unspecified atom stereocenters. The molecule has 0 heterocycles. The van der Waals surface area contributed by atoms with Gasteiger partial charge in [0.15, 0.2) is 0 Å². The van der Waals surface area contributed by atoms with Gasteiger partial charge in [-0.1, -0.05) is 0 Å². The molecule has 0 aliphatic carbocycles. The Labute approximate surface area is 50.9 Å². The molecule has 0 saturated carbocycles. The van der Waals surface area contributed by atoms with Gasteiger partial charge in [-0.15, -0.1) is 0 Å². The third-order valence-electron chi connectivity index (χ3n) is 0.728. The normalized spacial score (nSPS) is 12.7.